The summed E-state index contributed by atoms with van der Waals surface area (Å²) in [6, 6.07) is 7.76. The van der Waals surface area contributed by atoms with Crippen LogP contribution in [-0.4, -0.2) is 24.1 Å². The second kappa shape index (κ2) is 6.07. The number of rotatable bonds is 3. The van der Waals surface area contributed by atoms with E-state index in [4.69, 9.17) is 4.74 Å². The van der Waals surface area contributed by atoms with Crippen LogP contribution in [0.4, 0.5) is 0 Å². The Kier molecular flexibility index (Phi) is 4.68. The molecular formula is C15H22BrNO. The molecule has 2 atom stereocenters. The first kappa shape index (κ1) is 13.9. The maximum Gasteiger partial charge on any atom is 0.133 e. The molecule has 0 saturated carbocycles. The monoisotopic (exact) mass is 311 g/mol. The Labute approximate surface area is 118 Å². The lowest BCUT2D eigenvalue weighted by Gasteiger charge is -2.39. The van der Waals surface area contributed by atoms with Crippen molar-refractivity contribution in [3.05, 3.63) is 28.2 Å². The molecule has 3 heteroatoms. The third-order valence-corrected chi connectivity index (χ3v) is 4.58. The van der Waals surface area contributed by atoms with Crippen LogP contribution in [0.1, 0.15) is 38.7 Å². The molecule has 0 bridgehead atoms. The van der Waals surface area contributed by atoms with E-state index in [0.29, 0.717) is 12.1 Å². The van der Waals surface area contributed by atoms with Crippen LogP contribution in [0.3, 0.4) is 0 Å². The summed E-state index contributed by atoms with van der Waals surface area (Å²) in [5.74, 6) is 0.901. The topological polar surface area (TPSA) is 12.5 Å². The quantitative estimate of drug-likeness (QED) is 0.828. The largest absolute Gasteiger partial charge is 0.496 e. The van der Waals surface area contributed by atoms with Crippen LogP contribution in [0.2, 0.25) is 0 Å². The average Bonchev–Trinajstić information content (AvgIpc) is 2.34. The molecule has 0 amide bonds. The number of likely N-dealkylation sites (tertiary alicyclic amines) is 1. The third-order valence-electron chi connectivity index (χ3n) is 3.96. The summed E-state index contributed by atoms with van der Waals surface area (Å²) in [6.07, 6.45) is 4.01. The molecule has 1 saturated heterocycles. The number of hydrogen-bond acceptors (Lipinski definition) is 2. The number of piperidine rings is 1. The van der Waals surface area contributed by atoms with Crippen molar-refractivity contribution in [3.63, 3.8) is 0 Å². The molecule has 1 aliphatic heterocycles. The smallest absolute Gasteiger partial charge is 0.133 e. The van der Waals surface area contributed by atoms with E-state index in [-0.39, 0.29) is 0 Å². The molecular weight excluding hydrogens is 290 g/mol. The highest BCUT2D eigenvalue weighted by Crippen LogP contribution is 2.29. The number of halogens is 1. The minimum absolute atomic E-state index is 0.689. The standard InChI is InChI=1S/C15H22BrNO/c1-11-5-4-6-12(2)17(11)10-13-7-8-15(18-3)14(16)9-13/h7-9,11-12H,4-6,10H2,1-3H3/t11-,12+. The normalized spacial score (nSPS) is 25.1. The summed E-state index contributed by atoms with van der Waals surface area (Å²) < 4.78 is 6.31. The van der Waals surface area contributed by atoms with E-state index in [1.165, 1.54) is 24.8 Å². The maximum atomic E-state index is 5.27. The zero-order valence-electron chi connectivity index (χ0n) is 11.4. The zero-order chi connectivity index (χ0) is 13.1. The molecule has 1 heterocycles. The second-order valence-corrected chi connectivity index (χ2v) is 6.12. The van der Waals surface area contributed by atoms with E-state index in [0.717, 1.165) is 16.8 Å². The Bertz CT molecular complexity index is 397. The first-order valence-electron chi connectivity index (χ1n) is 6.70. The maximum absolute atomic E-state index is 5.27. The first-order chi connectivity index (χ1) is 8.61. The van der Waals surface area contributed by atoms with Gasteiger partial charge in [0.2, 0.25) is 0 Å². The molecule has 0 unspecified atom stereocenters. The van der Waals surface area contributed by atoms with Gasteiger partial charge in [0.25, 0.3) is 0 Å². The summed E-state index contributed by atoms with van der Waals surface area (Å²) in [7, 11) is 1.70. The van der Waals surface area contributed by atoms with Crippen molar-refractivity contribution in [3.8, 4) is 5.75 Å². The van der Waals surface area contributed by atoms with Gasteiger partial charge in [0.1, 0.15) is 5.75 Å². The molecule has 0 aromatic heterocycles. The molecule has 100 valence electrons. The summed E-state index contributed by atoms with van der Waals surface area (Å²) >= 11 is 3.56. The van der Waals surface area contributed by atoms with Gasteiger partial charge in [0, 0.05) is 18.6 Å². The minimum atomic E-state index is 0.689. The number of nitrogens with zero attached hydrogens (tertiary/aromatic N) is 1. The van der Waals surface area contributed by atoms with E-state index in [1.807, 2.05) is 6.07 Å². The van der Waals surface area contributed by atoms with E-state index in [1.54, 1.807) is 7.11 Å². The van der Waals surface area contributed by atoms with Crippen molar-refractivity contribution in [2.24, 2.45) is 0 Å². The highest BCUT2D eigenvalue weighted by Gasteiger charge is 2.24. The Morgan fingerprint density at radius 3 is 2.50 bits per heavy atom. The van der Waals surface area contributed by atoms with Gasteiger partial charge >= 0.3 is 0 Å². The van der Waals surface area contributed by atoms with Crippen LogP contribution in [0.5, 0.6) is 5.75 Å². The SMILES string of the molecule is COc1ccc(CN2[C@H](C)CCC[C@@H]2C)cc1Br. The molecule has 18 heavy (non-hydrogen) atoms. The Morgan fingerprint density at radius 1 is 1.28 bits per heavy atom. The fourth-order valence-corrected chi connectivity index (χ4v) is 3.39. The molecule has 1 aromatic carbocycles. The van der Waals surface area contributed by atoms with E-state index >= 15 is 0 Å². The molecule has 0 aliphatic carbocycles. The van der Waals surface area contributed by atoms with Gasteiger partial charge in [-0.3, -0.25) is 4.90 Å². The van der Waals surface area contributed by atoms with Crippen LogP contribution >= 0.6 is 15.9 Å². The lowest BCUT2D eigenvalue weighted by molar-refractivity contribution is 0.0952. The predicted octanol–water partition coefficient (Wildman–Crippen LogP) is 4.22. The number of methoxy groups -OCH3 is 1. The van der Waals surface area contributed by atoms with Crippen molar-refractivity contribution in [1.29, 1.82) is 0 Å². The molecule has 0 spiro atoms. The first-order valence-corrected chi connectivity index (χ1v) is 7.49. The average molecular weight is 312 g/mol. The fourth-order valence-electron chi connectivity index (χ4n) is 2.81. The predicted molar refractivity (Wildman–Crippen MR) is 79.0 cm³/mol. The summed E-state index contributed by atoms with van der Waals surface area (Å²) in [4.78, 5) is 2.61. The van der Waals surface area contributed by atoms with Gasteiger partial charge in [-0.1, -0.05) is 12.5 Å². The van der Waals surface area contributed by atoms with E-state index in [9.17, 15) is 0 Å². The van der Waals surface area contributed by atoms with Gasteiger partial charge in [-0.2, -0.15) is 0 Å². The van der Waals surface area contributed by atoms with Crippen molar-refractivity contribution < 1.29 is 4.74 Å². The van der Waals surface area contributed by atoms with Gasteiger partial charge in [-0.15, -0.1) is 0 Å². The highest BCUT2D eigenvalue weighted by atomic mass is 79.9. The summed E-state index contributed by atoms with van der Waals surface area (Å²) in [5, 5.41) is 0. The van der Waals surface area contributed by atoms with Crippen molar-refractivity contribution in [2.45, 2.75) is 51.7 Å². The number of benzene rings is 1. The minimum Gasteiger partial charge on any atom is -0.496 e. The zero-order valence-corrected chi connectivity index (χ0v) is 13.0. The Balaban J connectivity index is 2.10. The summed E-state index contributed by atoms with van der Waals surface area (Å²) in [6.45, 7) is 5.72. The van der Waals surface area contributed by atoms with Gasteiger partial charge in [0.15, 0.2) is 0 Å². The number of ether oxygens (including phenoxy) is 1. The van der Waals surface area contributed by atoms with Crippen LogP contribution in [-0.2, 0) is 6.54 Å². The van der Waals surface area contributed by atoms with Crippen LogP contribution in [0.25, 0.3) is 0 Å². The second-order valence-electron chi connectivity index (χ2n) is 5.27. The lowest BCUT2D eigenvalue weighted by atomic mass is 9.97. The van der Waals surface area contributed by atoms with Gasteiger partial charge in [-0.25, -0.2) is 0 Å². The molecule has 1 aromatic rings. The van der Waals surface area contributed by atoms with Crippen LogP contribution in [0.15, 0.2) is 22.7 Å². The molecule has 0 N–H and O–H groups in total. The van der Waals surface area contributed by atoms with Crippen molar-refractivity contribution >= 4 is 15.9 Å². The fraction of sp³-hybridized carbons (Fsp3) is 0.600. The van der Waals surface area contributed by atoms with Crippen LogP contribution in [0, 0.1) is 0 Å². The Morgan fingerprint density at radius 2 is 1.94 bits per heavy atom. The highest BCUT2D eigenvalue weighted by molar-refractivity contribution is 9.10. The number of hydrogen-bond donors (Lipinski definition) is 0. The lowest BCUT2D eigenvalue weighted by Crippen LogP contribution is -2.42. The third kappa shape index (κ3) is 3.07. The summed E-state index contributed by atoms with van der Waals surface area (Å²) in [5.41, 5.74) is 1.35. The van der Waals surface area contributed by atoms with Crippen molar-refractivity contribution in [2.75, 3.05) is 7.11 Å². The van der Waals surface area contributed by atoms with Gasteiger partial charge in [-0.05, 0) is 60.3 Å². The molecule has 2 nitrogen and oxygen atoms in total. The van der Waals surface area contributed by atoms with Gasteiger partial charge < -0.3 is 4.74 Å². The van der Waals surface area contributed by atoms with Gasteiger partial charge in [0.05, 0.1) is 11.6 Å². The molecule has 0 radical (unpaired) electrons. The van der Waals surface area contributed by atoms with Crippen LogP contribution < -0.4 is 4.74 Å². The molecule has 1 fully saturated rings. The molecule has 1 aliphatic rings. The van der Waals surface area contributed by atoms with E-state index in [2.05, 4.69) is 46.8 Å². The molecule has 2 rings (SSSR count). The van der Waals surface area contributed by atoms with E-state index < -0.39 is 0 Å². The van der Waals surface area contributed by atoms with Crippen molar-refractivity contribution in [1.82, 2.24) is 4.90 Å². The Hall–Kier alpha value is -0.540.